The number of ketones is 1. The summed E-state index contributed by atoms with van der Waals surface area (Å²) in [6.07, 6.45) is 0.745. The van der Waals surface area contributed by atoms with E-state index in [9.17, 15) is 9.59 Å². The fraction of sp³-hybridized carbons (Fsp3) is 0.267. The second-order valence-electron chi connectivity index (χ2n) is 4.99. The molecule has 0 bridgehead atoms. The summed E-state index contributed by atoms with van der Waals surface area (Å²) in [7, 11) is 0. The van der Waals surface area contributed by atoms with Crippen molar-refractivity contribution in [2.75, 3.05) is 13.1 Å². The molecule has 21 heavy (non-hydrogen) atoms. The highest BCUT2D eigenvalue weighted by molar-refractivity contribution is 9.10. The molecule has 0 radical (unpaired) electrons. The van der Waals surface area contributed by atoms with Gasteiger partial charge in [-0.1, -0.05) is 30.3 Å². The van der Waals surface area contributed by atoms with E-state index in [-0.39, 0.29) is 5.78 Å². The summed E-state index contributed by atoms with van der Waals surface area (Å²) in [4.78, 5) is 25.2. The minimum atomic E-state index is 0.107. The molecule has 5 nitrogen and oxygen atoms in total. The van der Waals surface area contributed by atoms with E-state index in [2.05, 4.69) is 25.9 Å². The molecule has 1 aliphatic heterocycles. The third-order valence-corrected chi connectivity index (χ3v) is 4.46. The second kappa shape index (κ2) is 5.91. The molecule has 2 heterocycles. The second-order valence-corrected chi connectivity index (χ2v) is 5.78. The number of carbonyl (C=O) groups is 2. The van der Waals surface area contributed by atoms with E-state index in [1.807, 2.05) is 35.0 Å². The lowest BCUT2D eigenvalue weighted by molar-refractivity contribution is 0.0906. The van der Waals surface area contributed by atoms with Crippen LogP contribution in [0.3, 0.4) is 0 Å². The molecule has 108 valence electrons. The molecule has 2 aromatic rings. The number of aldehydes is 1. The molecule has 1 aromatic heterocycles. The van der Waals surface area contributed by atoms with Gasteiger partial charge in [0.2, 0.25) is 0 Å². The van der Waals surface area contributed by atoms with Gasteiger partial charge in [-0.05, 0) is 15.9 Å². The fourth-order valence-electron chi connectivity index (χ4n) is 2.49. The number of halogens is 1. The minimum Gasteiger partial charge on any atom is -0.296 e. The van der Waals surface area contributed by atoms with Gasteiger partial charge in [0.1, 0.15) is 5.69 Å². The molecular formula is C15H14BrN3O2. The maximum absolute atomic E-state index is 12.2. The SMILES string of the molecule is O=Cc1nn2c(c1Br)CN(CC(=O)c1ccccc1)CC2. The zero-order valence-corrected chi connectivity index (χ0v) is 12.9. The Morgan fingerprint density at radius 2 is 2.05 bits per heavy atom. The first-order valence-corrected chi connectivity index (χ1v) is 7.49. The number of carbonyl (C=O) groups excluding carboxylic acids is 2. The summed E-state index contributed by atoms with van der Waals surface area (Å²) in [6.45, 7) is 2.42. The number of benzene rings is 1. The molecule has 0 amide bonds. The highest BCUT2D eigenvalue weighted by atomic mass is 79.9. The number of aromatic nitrogens is 2. The van der Waals surface area contributed by atoms with Crippen LogP contribution in [0.2, 0.25) is 0 Å². The highest BCUT2D eigenvalue weighted by Crippen LogP contribution is 2.24. The number of Topliss-reactive ketones (excluding diaryl/α,β-unsaturated/α-hetero) is 1. The number of rotatable bonds is 4. The molecule has 0 N–H and O–H groups in total. The van der Waals surface area contributed by atoms with Crippen LogP contribution in [-0.2, 0) is 13.1 Å². The van der Waals surface area contributed by atoms with Gasteiger partial charge in [-0.3, -0.25) is 19.2 Å². The van der Waals surface area contributed by atoms with Gasteiger partial charge < -0.3 is 0 Å². The van der Waals surface area contributed by atoms with Crippen molar-refractivity contribution in [2.45, 2.75) is 13.1 Å². The molecule has 6 heteroatoms. The van der Waals surface area contributed by atoms with Crippen LogP contribution in [0, 0.1) is 0 Å². The van der Waals surface area contributed by atoms with Gasteiger partial charge in [0.05, 0.1) is 23.3 Å². The summed E-state index contributed by atoms with van der Waals surface area (Å²) in [6, 6.07) is 9.29. The van der Waals surface area contributed by atoms with Crippen molar-refractivity contribution in [3.05, 3.63) is 51.8 Å². The third kappa shape index (κ3) is 2.82. The number of hydrogen-bond acceptors (Lipinski definition) is 4. The standard InChI is InChI=1S/C15H14BrN3O2/c16-15-12(10-20)17-19-7-6-18(8-13(15)19)9-14(21)11-4-2-1-3-5-11/h1-5,10H,6-9H2. The number of fused-ring (bicyclic) bond motifs is 1. The predicted molar refractivity (Wildman–Crippen MR) is 81.4 cm³/mol. The molecule has 1 aromatic carbocycles. The van der Waals surface area contributed by atoms with Gasteiger partial charge in [-0.25, -0.2) is 0 Å². The summed E-state index contributed by atoms with van der Waals surface area (Å²) in [5.41, 5.74) is 2.09. The molecule has 1 aliphatic rings. The average Bonchev–Trinajstić information content (AvgIpc) is 2.84. The Labute approximate surface area is 130 Å². The van der Waals surface area contributed by atoms with Crippen LogP contribution in [0.4, 0.5) is 0 Å². The van der Waals surface area contributed by atoms with Crippen molar-refractivity contribution in [1.82, 2.24) is 14.7 Å². The quantitative estimate of drug-likeness (QED) is 0.628. The normalized spacial score (nSPS) is 14.7. The monoisotopic (exact) mass is 347 g/mol. The Morgan fingerprint density at radius 3 is 2.76 bits per heavy atom. The lowest BCUT2D eigenvalue weighted by Gasteiger charge is -2.27. The van der Waals surface area contributed by atoms with E-state index >= 15 is 0 Å². The largest absolute Gasteiger partial charge is 0.296 e. The zero-order valence-electron chi connectivity index (χ0n) is 11.3. The maximum atomic E-state index is 12.2. The maximum Gasteiger partial charge on any atom is 0.176 e. The van der Waals surface area contributed by atoms with Crippen LogP contribution in [0.1, 0.15) is 26.5 Å². The topological polar surface area (TPSA) is 55.2 Å². The Kier molecular flexibility index (Phi) is 3.98. The van der Waals surface area contributed by atoms with Crippen molar-refractivity contribution in [3.63, 3.8) is 0 Å². The molecule has 0 saturated heterocycles. The lowest BCUT2D eigenvalue weighted by Crippen LogP contribution is -2.37. The fourth-order valence-corrected chi connectivity index (χ4v) is 2.99. The van der Waals surface area contributed by atoms with E-state index in [1.54, 1.807) is 0 Å². The van der Waals surface area contributed by atoms with Crippen LogP contribution in [0.25, 0.3) is 0 Å². The van der Waals surface area contributed by atoms with E-state index in [0.29, 0.717) is 25.3 Å². The van der Waals surface area contributed by atoms with E-state index < -0.39 is 0 Å². The van der Waals surface area contributed by atoms with Crippen molar-refractivity contribution < 1.29 is 9.59 Å². The van der Waals surface area contributed by atoms with E-state index in [4.69, 9.17) is 0 Å². The lowest BCUT2D eigenvalue weighted by atomic mass is 10.1. The van der Waals surface area contributed by atoms with Crippen molar-refractivity contribution in [2.24, 2.45) is 0 Å². The Balaban J connectivity index is 1.73. The Hall–Kier alpha value is -1.79. The Morgan fingerprint density at radius 1 is 1.29 bits per heavy atom. The van der Waals surface area contributed by atoms with Gasteiger partial charge in [0.25, 0.3) is 0 Å². The first-order valence-electron chi connectivity index (χ1n) is 6.70. The van der Waals surface area contributed by atoms with Gasteiger partial charge in [-0.15, -0.1) is 0 Å². The van der Waals surface area contributed by atoms with Crippen LogP contribution < -0.4 is 0 Å². The predicted octanol–water partition coefficient (Wildman–Crippen LogP) is 2.16. The van der Waals surface area contributed by atoms with Crippen LogP contribution >= 0.6 is 15.9 Å². The molecule has 0 spiro atoms. The molecule has 0 fully saturated rings. The van der Waals surface area contributed by atoms with E-state index in [0.717, 1.165) is 28.6 Å². The number of hydrogen-bond donors (Lipinski definition) is 0. The number of nitrogens with zero attached hydrogens (tertiary/aromatic N) is 3. The van der Waals surface area contributed by atoms with Crippen LogP contribution in [-0.4, -0.2) is 39.8 Å². The summed E-state index contributed by atoms with van der Waals surface area (Å²) in [5, 5.41) is 4.23. The summed E-state index contributed by atoms with van der Waals surface area (Å²) < 4.78 is 2.56. The zero-order chi connectivity index (χ0) is 14.8. The molecule has 0 atom stereocenters. The third-order valence-electron chi connectivity index (χ3n) is 3.59. The summed E-state index contributed by atoms with van der Waals surface area (Å²) >= 11 is 3.41. The summed E-state index contributed by atoms with van der Waals surface area (Å²) in [5.74, 6) is 0.107. The first-order chi connectivity index (χ1) is 10.2. The highest BCUT2D eigenvalue weighted by Gasteiger charge is 2.24. The molecule has 0 saturated carbocycles. The Bertz CT molecular complexity index is 682. The molecule has 0 aliphatic carbocycles. The van der Waals surface area contributed by atoms with Crippen molar-refractivity contribution in [1.29, 1.82) is 0 Å². The van der Waals surface area contributed by atoms with Gasteiger partial charge in [0, 0.05) is 18.7 Å². The average molecular weight is 348 g/mol. The van der Waals surface area contributed by atoms with Crippen LogP contribution in [0.15, 0.2) is 34.8 Å². The molecule has 0 unspecified atom stereocenters. The van der Waals surface area contributed by atoms with Crippen LogP contribution in [0.5, 0.6) is 0 Å². The molecule has 3 rings (SSSR count). The van der Waals surface area contributed by atoms with Crippen molar-refractivity contribution in [3.8, 4) is 0 Å². The first kappa shape index (κ1) is 14.2. The van der Waals surface area contributed by atoms with Gasteiger partial charge in [-0.2, -0.15) is 5.10 Å². The smallest absolute Gasteiger partial charge is 0.176 e. The van der Waals surface area contributed by atoms with Gasteiger partial charge >= 0.3 is 0 Å². The van der Waals surface area contributed by atoms with Gasteiger partial charge in [0.15, 0.2) is 12.1 Å². The minimum absolute atomic E-state index is 0.107. The van der Waals surface area contributed by atoms with Crippen molar-refractivity contribution >= 4 is 28.0 Å². The van der Waals surface area contributed by atoms with E-state index in [1.165, 1.54) is 0 Å². The molecular weight excluding hydrogens is 334 g/mol.